The fourth-order valence-corrected chi connectivity index (χ4v) is 2.58. The van der Waals surface area contributed by atoms with Gasteiger partial charge in [0.15, 0.2) is 12.2 Å². The Bertz CT molecular complexity index is 725. The molecule has 0 bridgehead atoms. The number of ether oxygens (including phenoxy) is 2. The van der Waals surface area contributed by atoms with E-state index < -0.39 is 24.1 Å². The van der Waals surface area contributed by atoms with Crippen LogP contribution in [0, 0.1) is 0 Å². The average molecular weight is 372 g/mol. The average Bonchev–Trinajstić information content (AvgIpc) is 2.62. The molecule has 0 fully saturated rings. The number of hydrogen-bond donors (Lipinski definition) is 2. The maximum absolute atomic E-state index is 10.9. The smallest absolute Gasteiger partial charge is 0.344 e. The molecule has 0 amide bonds. The van der Waals surface area contributed by atoms with E-state index in [0.29, 0.717) is 11.5 Å². The summed E-state index contributed by atoms with van der Waals surface area (Å²) in [5.41, 5.74) is 1.75. The standard InChI is InChI=1S/C21H24O6/c1-13(19(22)23)26-17-9-5-15(6-10-17)21(3,4)16-7-11-18(12-8-16)27-14(2)20(24)25/h5-14H,1-4H3,(H,22,23)(H,24,25). The minimum atomic E-state index is -1.01. The molecule has 0 aliphatic carbocycles. The first-order valence-electron chi connectivity index (χ1n) is 8.61. The van der Waals surface area contributed by atoms with Crippen LogP contribution in [0.4, 0.5) is 0 Å². The third-order valence-electron chi connectivity index (χ3n) is 4.47. The van der Waals surface area contributed by atoms with Crippen molar-refractivity contribution in [2.24, 2.45) is 0 Å². The van der Waals surface area contributed by atoms with Crippen LogP contribution in [0.15, 0.2) is 48.5 Å². The van der Waals surface area contributed by atoms with Gasteiger partial charge in [-0.2, -0.15) is 0 Å². The third-order valence-corrected chi connectivity index (χ3v) is 4.47. The summed E-state index contributed by atoms with van der Waals surface area (Å²) in [6, 6.07) is 14.6. The molecule has 2 N–H and O–H groups in total. The molecule has 0 saturated heterocycles. The van der Waals surface area contributed by atoms with Gasteiger partial charge in [-0.25, -0.2) is 9.59 Å². The highest BCUT2D eigenvalue weighted by Crippen LogP contribution is 2.33. The summed E-state index contributed by atoms with van der Waals surface area (Å²) in [6.07, 6.45) is -1.82. The quantitative estimate of drug-likeness (QED) is 0.734. The molecular formula is C21H24O6. The van der Waals surface area contributed by atoms with Crippen molar-refractivity contribution in [2.45, 2.75) is 45.3 Å². The van der Waals surface area contributed by atoms with Gasteiger partial charge in [0.2, 0.25) is 0 Å². The van der Waals surface area contributed by atoms with Gasteiger partial charge < -0.3 is 19.7 Å². The molecule has 2 atom stereocenters. The first-order valence-corrected chi connectivity index (χ1v) is 8.61. The Morgan fingerprint density at radius 1 is 0.741 bits per heavy atom. The molecule has 27 heavy (non-hydrogen) atoms. The lowest BCUT2D eigenvalue weighted by atomic mass is 9.78. The van der Waals surface area contributed by atoms with Crippen LogP contribution in [-0.2, 0) is 15.0 Å². The molecule has 6 heteroatoms. The summed E-state index contributed by atoms with van der Waals surface area (Å²) in [5.74, 6) is -1.04. The minimum Gasteiger partial charge on any atom is -0.479 e. The summed E-state index contributed by atoms with van der Waals surface area (Å²) in [4.78, 5) is 21.8. The largest absolute Gasteiger partial charge is 0.479 e. The molecule has 144 valence electrons. The van der Waals surface area contributed by atoms with Crippen molar-refractivity contribution in [1.29, 1.82) is 0 Å². The maximum Gasteiger partial charge on any atom is 0.344 e. The molecule has 0 heterocycles. The van der Waals surface area contributed by atoms with Crippen LogP contribution < -0.4 is 9.47 Å². The lowest BCUT2D eigenvalue weighted by Gasteiger charge is -2.26. The summed E-state index contributed by atoms with van der Waals surface area (Å²) in [7, 11) is 0. The van der Waals surface area contributed by atoms with E-state index in [2.05, 4.69) is 13.8 Å². The second-order valence-electron chi connectivity index (χ2n) is 6.87. The second kappa shape index (κ2) is 8.12. The van der Waals surface area contributed by atoms with Gasteiger partial charge in [0.05, 0.1) is 0 Å². The fourth-order valence-electron chi connectivity index (χ4n) is 2.58. The van der Waals surface area contributed by atoms with Crippen LogP contribution in [0.25, 0.3) is 0 Å². The van der Waals surface area contributed by atoms with Crippen LogP contribution in [0.3, 0.4) is 0 Å². The molecule has 0 aliphatic heterocycles. The van der Waals surface area contributed by atoms with Crippen molar-refractivity contribution in [2.75, 3.05) is 0 Å². The first-order chi connectivity index (χ1) is 12.6. The highest BCUT2D eigenvalue weighted by molar-refractivity contribution is 5.72. The lowest BCUT2D eigenvalue weighted by Crippen LogP contribution is -2.23. The molecule has 2 aromatic carbocycles. The summed E-state index contributed by atoms with van der Waals surface area (Å²) in [5, 5.41) is 17.8. The molecule has 0 aromatic heterocycles. The van der Waals surface area contributed by atoms with Gasteiger partial charge in [-0.1, -0.05) is 38.1 Å². The zero-order valence-electron chi connectivity index (χ0n) is 15.8. The lowest BCUT2D eigenvalue weighted by molar-refractivity contribution is -0.145. The van der Waals surface area contributed by atoms with Crippen molar-refractivity contribution in [3.8, 4) is 11.5 Å². The Balaban J connectivity index is 2.15. The predicted octanol–water partition coefficient (Wildman–Crippen LogP) is 3.72. The normalized spacial score (nSPS) is 13.5. The number of aliphatic carboxylic acids is 2. The van der Waals surface area contributed by atoms with Crippen LogP contribution in [0.2, 0.25) is 0 Å². The first kappa shape index (κ1) is 20.3. The Hall–Kier alpha value is -3.02. The van der Waals surface area contributed by atoms with E-state index in [1.165, 1.54) is 13.8 Å². The van der Waals surface area contributed by atoms with Gasteiger partial charge >= 0.3 is 11.9 Å². The van der Waals surface area contributed by atoms with E-state index >= 15 is 0 Å². The predicted molar refractivity (Wildman–Crippen MR) is 100 cm³/mol. The number of rotatable bonds is 8. The summed E-state index contributed by atoms with van der Waals surface area (Å²) in [6.45, 7) is 7.10. The zero-order chi connectivity index (χ0) is 20.2. The third kappa shape index (κ3) is 5.00. The van der Waals surface area contributed by atoms with Gasteiger partial charge in [0.25, 0.3) is 0 Å². The van der Waals surface area contributed by atoms with E-state index in [9.17, 15) is 9.59 Å². The molecule has 2 unspecified atom stereocenters. The zero-order valence-corrected chi connectivity index (χ0v) is 15.8. The van der Waals surface area contributed by atoms with E-state index in [4.69, 9.17) is 19.7 Å². The van der Waals surface area contributed by atoms with Crippen molar-refractivity contribution < 1.29 is 29.3 Å². The molecule has 0 saturated carbocycles. The Morgan fingerprint density at radius 2 is 1.04 bits per heavy atom. The van der Waals surface area contributed by atoms with Crippen molar-refractivity contribution in [3.05, 3.63) is 59.7 Å². The van der Waals surface area contributed by atoms with Crippen LogP contribution in [0.1, 0.15) is 38.8 Å². The highest BCUT2D eigenvalue weighted by Gasteiger charge is 2.24. The van der Waals surface area contributed by atoms with E-state index in [1.807, 2.05) is 24.3 Å². The van der Waals surface area contributed by atoms with E-state index in [-0.39, 0.29) is 5.41 Å². The van der Waals surface area contributed by atoms with E-state index in [0.717, 1.165) is 11.1 Å². The Kier molecular flexibility index (Phi) is 6.10. The molecule has 0 spiro atoms. The van der Waals surface area contributed by atoms with Crippen molar-refractivity contribution in [3.63, 3.8) is 0 Å². The second-order valence-corrected chi connectivity index (χ2v) is 6.87. The molecule has 6 nitrogen and oxygen atoms in total. The number of carboxylic acids is 2. The molecule has 0 radical (unpaired) electrons. The molecule has 0 aliphatic rings. The maximum atomic E-state index is 10.9. The number of carboxylic acid groups (broad SMARTS) is 2. The number of carbonyl (C=O) groups is 2. The topological polar surface area (TPSA) is 93.1 Å². The molecular weight excluding hydrogens is 348 g/mol. The molecule has 2 rings (SSSR count). The number of benzene rings is 2. The van der Waals surface area contributed by atoms with Gasteiger partial charge in [-0.15, -0.1) is 0 Å². The minimum absolute atomic E-state index is 0.312. The summed E-state index contributed by atoms with van der Waals surface area (Å²) < 4.78 is 10.7. The van der Waals surface area contributed by atoms with Gasteiger partial charge in [0.1, 0.15) is 11.5 Å². The van der Waals surface area contributed by atoms with Crippen LogP contribution in [0.5, 0.6) is 11.5 Å². The highest BCUT2D eigenvalue weighted by atomic mass is 16.5. The van der Waals surface area contributed by atoms with Crippen LogP contribution in [-0.4, -0.2) is 34.4 Å². The van der Waals surface area contributed by atoms with Gasteiger partial charge in [-0.3, -0.25) is 0 Å². The Labute approximate surface area is 158 Å². The van der Waals surface area contributed by atoms with E-state index in [1.54, 1.807) is 24.3 Å². The van der Waals surface area contributed by atoms with Crippen molar-refractivity contribution in [1.82, 2.24) is 0 Å². The summed E-state index contributed by atoms with van der Waals surface area (Å²) >= 11 is 0. The van der Waals surface area contributed by atoms with Crippen LogP contribution >= 0.6 is 0 Å². The number of hydrogen-bond acceptors (Lipinski definition) is 4. The fraction of sp³-hybridized carbons (Fsp3) is 0.333. The molecule has 2 aromatic rings. The van der Waals surface area contributed by atoms with Gasteiger partial charge in [-0.05, 0) is 49.2 Å². The monoisotopic (exact) mass is 372 g/mol. The SMILES string of the molecule is CC(Oc1ccc(C(C)(C)c2ccc(OC(C)C(=O)O)cc2)cc1)C(=O)O. The van der Waals surface area contributed by atoms with Gasteiger partial charge in [0, 0.05) is 5.41 Å². The van der Waals surface area contributed by atoms with Crippen molar-refractivity contribution >= 4 is 11.9 Å². The Morgan fingerprint density at radius 3 is 1.30 bits per heavy atom.